The Morgan fingerprint density at radius 3 is 2.46 bits per heavy atom. The molecular formula is C23H26N2O. The van der Waals surface area contributed by atoms with Crippen LogP contribution >= 0.6 is 0 Å². The van der Waals surface area contributed by atoms with Crippen LogP contribution in [0.25, 0.3) is 17.8 Å². The van der Waals surface area contributed by atoms with Crippen molar-refractivity contribution < 1.29 is 4.79 Å². The fourth-order valence-electron chi connectivity index (χ4n) is 2.86. The molecule has 1 heterocycles. The first-order valence-corrected chi connectivity index (χ1v) is 9.07. The van der Waals surface area contributed by atoms with Crippen LogP contribution in [0.15, 0.2) is 54.6 Å². The molecule has 1 aliphatic rings. The molecule has 0 aliphatic carbocycles. The lowest BCUT2D eigenvalue weighted by molar-refractivity contribution is -0.123. The molecule has 134 valence electrons. The van der Waals surface area contributed by atoms with Gasteiger partial charge in [0.1, 0.15) is 0 Å². The van der Waals surface area contributed by atoms with E-state index < -0.39 is 5.41 Å². The van der Waals surface area contributed by atoms with Crippen molar-refractivity contribution >= 4 is 29.4 Å². The maximum atomic E-state index is 12.5. The van der Waals surface area contributed by atoms with Crippen LogP contribution in [0.1, 0.15) is 43.9 Å². The van der Waals surface area contributed by atoms with Gasteiger partial charge >= 0.3 is 0 Å². The Labute approximate surface area is 155 Å². The molecule has 26 heavy (non-hydrogen) atoms. The smallest absolute Gasteiger partial charge is 0.229 e. The lowest BCUT2D eigenvalue weighted by Crippen LogP contribution is -2.28. The van der Waals surface area contributed by atoms with Crippen LogP contribution in [0.4, 0.5) is 5.69 Å². The summed E-state index contributed by atoms with van der Waals surface area (Å²) >= 11 is 0. The minimum absolute atomic E-state index is 0.0153. The summed E-state index contributed by atoms with van der Waals surface area (Å²) in [6.45, 7) is 6.70. The molecule has 0 fully saturated rings. The van der Waals surface area contributed by atoms with E-state index in [1.807, 2.05) is 51.1 Å². The molecule has 0 atom stereocenters. The van der Waals surface area contributed by atoms with Gasteiger partial charge in [-0.05, 0) is 23.6 Å². The van der Waals surface area contributed by atoms with E-state index in [2.05, 4.69) is 47.1 Å². The van der Waals surface area contributed by atoms with E-state index in [9.17, 15) is 4.79 Å². The number of benzene rings is 2. The van der Waals surface area contributed by atoms with E-state index in [-0.39, 0.29) is 5.91 Å². The van der Waals surface area contributed by atoms with Gasteiger partial charge in [0, 0.05) is 23.2 Å². The highest BCUT2D eigenvalue weighted by molar-refractivity contribution is 5.98. The summed E-state index contributed by atoms with van der Waals surface area (Å²) in [4.78, 5) is 12.5. The molecule has 3 rings (SSSR count). The van der Waals surface area contributed by atoms with Crippen molar-refractivity contribution in [1.82, 2.24) is 5.32 Å². The van der Waals surface area contributed by atoms with Crippen LogP contribution in [0, 0.1) is 5.41 Å². The van der Waals surface area contributed by atoms with Crippen molar-refractivity contribution in [1.29, 1.82) is 0 Å². The molecule has 0 bridgehead atoms. The Morgan fingerprint density at radius 2 is 1.81 bits per heavy atom. The Hall–Kier alpha value is -2.81. The molecular weight excluding hydrogens is 320 g/mol. The van der Waals surface area contributed by atoms with Crippen molar-refractivity contribution in [3.05, 3.63) is 71.3 Å². The Bertz CT molecular complexity index is 842. The number of rotatable bonds is 4. The minimum Gasteiger partial charge on any atom is -0.384 e. The topological polar surface area (TPSA) is 41.1 Å². The molecule has 3 heteroatoms. The van der Waals surface area contributed by atoms with E-state index in [1.165, 1.54) is 0 Å². The molecule has 3 nitrogen and oxygen atoms in total. The summed E-state index contributed by atoms with van der Waals surface area (Å²) < 4.78 is 0. The summed E-state index contributed by atoms with van der Waals surface area (Å²) in [6.07, 6.45) is 7.41. The third-order valence-electron chi connectivity index (χ3n) is 4.36. The number of hydrogen-bond acceptors (Lipinski definition) is 2. The highest BCUT2D eigenvalue weighted by Gasteiger charge is 2.23. The monoisotopic (exact) mass is 346 g/mol. The standard InChI is InChI=1S/C23H26N2O/c1-23(2,3)22(26)25-20-12-7-11-18(21(20)19-13-8-16-24-19)15-14-17-9-5-4-6-10-17/h4-7,9-15,24H,8,16H2,1-3H3,(H,25,26)/b15-14+. The van der Waals surface area contributed by atoms with Gasteiger partial charge in [-0.1, -0.05) is 81.5 Å². The molecule has 2 N–H and O–H groups in total. The molecule has 0 unspecified atom stereocenters. The van der Waals surface area contributed by atoms with Crippen LogP contribution in [0.3, 0.4) is 0 Å². The second-order valence-corrected chi connectivity index (χ2v) is 7.55. The molecule has 0 saturated heterocycles. The highest BCUT2D eigenvalue weighted by Crippen LogP contribution is 2.31. The Kier molecular flexibility index (Phi) is 5.27. The largest absolute Gasteiger partial charge is 0.384 e. The highest BCUT2D eigenvalue weighted by atomic mass is 16.2. The molecule has 0 radical (unpaired) electrons. The quantitative estimate of drug-likeness (QED) is 0.749. The van der Waals surface area contributed by atoms with E-state index in [0.717, 1.165) is 41.0 Å². The van der Waals surface area contributed by atoms with Gasteiger partial charge in [0.2, 0.25) is 5.91 Å². The van der Waals surface area contributed by atoms with Gasteiger partial charge in [-0.2, -0.15) is 0 Å². The van der Waals surface area contributed by atoms with Crippen LogP contribution in [0.2, 0.25) is 0 Å². The maximum absolute atomic E-state index is 12.5. The second kappa shape index (κ2) is 7.61. The first-order chi connectivity index (χ1) is 12.4. The van der Waals surface area contributed by atoms with Gasteiger partial charge in [0.05, 0.1) is 5.69 Å². The van der Waals surface area contributed by atoms with E-state index in [1.54, 1.807) is 0 Å². The maximum Gasteiger partial charge on any atom is 0.229 e. The lowest BCUT2D eigenvalue weighted by Gasteiger charge is -2.21. The summed E-state index contributed by atoms with van der Waals surface area (Å²) in [7, 11) is 0. The van der Waals surface area contributed by atoms with Crippen LogP contribution < -0.4 is 10.6 Å². The Balaban J connectivity index is 2.00. The number of hydrogen-bond donors (Lipinski definition) is 2. The summed E-state index contributed by atoms with van der Waals surface area (Å²) in [5.41, 5.74) is 4.78. The zero-order valence-corrected chi connectivity index (χ0v) is 15.7. The van der Waals surface area contributed by atoms with Crippen molar-refractivity contribution in [2.24, 2.45) is 5.41 Å². The molecule has 1 aliphatic heterocycles. The zero-order valence-electron chi connectivity index (χ0n) is 15.7. The molecule has 2 aromatic carbocycles. The van der Waals surface area contributed by atoms with Gasteiger partial charge in [-0.25, -0.2) is 0 Å². The van der Waals surface area contributed by atoms with E-state index in [0.29, 0.717) is 0 Å². The molecule has 2 aromatic rings. The minimum atomic E-state index is -0.440. The number of nitrogens with one attached hydrogen (secondary N) is 2. The molecule has 0 aromatic heterocycles. The third-order valence-corrected chi connectivity index (χ3v) is 4.36. The number of anilines is 1. The van der Waals surface area contributed by atoms with Gasteiger partial charge in [0.15, 0.2) is 0 Å². The summed E-state index contributed by atoms with van der Waals surface area (Å²) in [6, 6.07) is 16.3. The van der Waals surface area contributed by atoms with Crippen LogP contribution in [0.5, 0.6) is 0 Å². The first-order valence-electron chi connectivity index (χ1n) is 9.07. The van der Waals surface area contributed by atoms with Gasteiger partial charge in [-0.15, -0.1) is 0 Å². The van der Waals surface area contributed by atoms with E-state index in [4.69, 9.17) is 0 Å². The predicted octanol–water partition coefficient (Wildman–Crippen LogP) is 5.18. The average Bonchev–Trinajstić information content (AvgIpc) is 3.14. The number of carbonyl (C=O) groups is 1. The second-order valence-electron chi connectivity index (χ2n) is 7.55. The van der Waals surface area contributed by atoms with Crippen molar-refractivity contribution in [2.45, 2.75) is 27.2 Å². The molecule has 1 amide bonds. The first kappa shape index (κ1) is 18.0. The molecule has 0 spiro atoms. The summed E-state index contributed by atoms with van der Waals surface area (Å²) in [5, 5.41) is 6.55. The average molecular weight is 346 g/mol. The van der Waals surface area contributed by atoms with Crippen LogP contribution in [-0.4, -0.2) is 12.5 Å². The summed E-state index contributed by atoms with van der Waals surface area (Å²) in [5.74, 6) is 0.0153. The SMILES string of the molecule is CC(C)(C)C(=O)Nc1cccc(/C=C/c2ccccc2)c1C1=CCCN1. The third kappa shape index (κ3) is 4.23. The van der Waals surface area contributed by atoms with Crippen molar-refractivity contribution in [3.63, 3.8) is 0 Å². The van der Waals surface area contributed by atoms with Gasteiger partial charge in [-0.3, -0.25) is 4.79 Å². The normalized spacial score (nSPS) is 14.2. The fraction of sp³-hybridized carbons (Fsp3) is 0.261. The van der Waals surface area contributed by atoms with Crippen molar-refractivity contribution in [3.8, 4) is 0 Å². The predicted molar refractivity (Wildman–Crippen MR) is 110 cm³/mol. The van der Waals surface area contributed by atoms with Crippen LogP contribution in [-0.2, 0) is 4.79 Å². The fourth-order valence-corrected chi connectivity index (χ4v) is 2.86. The van der Waals surface area contributed by atoms with Gasteiger partial charge in [0.25, 0.3) is 0 Å². The lowest BCUT2D eigenvalue weighted by atomic mass is 9.94. The Morgan fingerprint density at radius 1 is 1.04 bits per heavy atom. The zero-order chi connectivity index (χ0) is 18.6. The van der Waals surface area contributed by atoms with E-state index >= 15 is 0 Å². The number of carbonyl (C=O) groups excluding carboxylic acids is 1. The molecule has 0 saturated carbocycles. The number of amides is 1. The van der Waals surface area contributed by atoms with Crippen molar-refractivity contribution in [2.75, 3.05) is 11.9 Å². The van der Waals surface area contributed by atoms with Gasteiger partial charge < -0.3 is 10.6 Å².